The van der Waals surface area contributed by atoms with Gasteiger partial charge >= 0.3 is 0 Å². The number of fused-ring (bicyclic) bond motifs is 1. The molecule has 15 heavy (non-hydrogen) atoms. The number of hydrogen-bond acceptors (Lipinski definition) is 1. The number of aliphatic hydroxyl groups is 1. The smallest absolute Gasteiger partial charge is 0.0666 e. The summed E-state index contributed by atoms with van der Waals surface area (Å²) in [5.74, 6) is 0. The van der Waals surface area contributed by atoms with Crippen molar-refractivity contribution in [1.82, 2.24) is 0 Å². The zero-order chi connectivity index (χ0) is 11.3. The second-order valence-electron chi connectivity index (χ2n) is 6.03. The molecule has 1 N–H and O–H groups in total. The van der Waals surface area contributed by atoms with Crippen LogP contribution in [0.15, 0.2) is 23.3 Å². The van der Waals surface area contributed by atoms with E-state index in [9.17, 15) is 5.11 Å². The molecule has 0 aromatic heterocycles. The number of rotatable bonds is 0. The molecular weight excluding hydrogens is 184 g/mol. The van der Waals surface area contributed by atoms with Crippen molar-refractivity contribution in [2.45, 2.75) is 53.1 Å². The van der Waals surface area contributed by atoms with Gasteiger partial charge in [0.25, 0.3) is 0 Å². The van der Waals surface area contributed by atoms with Crippen LogP contribution in [0, 0.1) is 10.8 Å². The third-order valence-corrected chi connectivity index (χ3v) is 4.22. The van der Waals surface area contributed by atoms with Crippen LogP contribution in [0.1, 0.15) is 47.0 Å². The Labute approximate surface area is 92.9 Å². The van der Waals surface area contributed by atoms with Crippen LogP contribution in [0.25, 0.3) is 0 Å². The zero-order valence-corrected chi connectivity index (χ0v) is 10.3. The van der Waals surface area contributed by atoms with Gasteiger partial charge < -0.3 is 5.11 Å². The van der Waals surface area contributed by atoms with Gasteiger partial charge in [-0.3, -0.25) is 0 Å². The second kappa shape index (κ2) is 3.21. The van der Waals surface area contributed by atoms with Crippen molar-refractivity contribution in [3.8, 4) is 0 Å². The number of aliphatic hydroxyl groups excluding tert-OH is 1. The van der Waals surface area contributed by atoms with E-state index in [1.165, 1.54) is 11.1 Å². The fourth-order valence-electron chi connectivity index (χ4n) is 3.34. The first kappa shape index (κ1) is 10.9. The SMILES string of the molecule is CC1=C[C@@]2(C)C(=CC1)C(C)(C)CC[C@@H]2O. The van der Waals surface area contributed by atoms with Crippen LogP contribution in [-0.4, -0.2) is 11.2 Å². The van der Waals surface area contributed by atoms with Crippen molar-refractivity contribution in [2.24, 2.45) is 10.8 Å². The van der Waals surface area contributed by atoms with Crippen molar-refractivity contribution in [2.75, 3.05) is 0 Å². The van der Waals surface area contributed by atoms with E-state index >= 15 is 0 Å². The first-order valence-corrected chi connectivity index (χ1v) is 5.94. The average Bonchev–Trinajstić information content (AvgIpc) is 2.11. The third kappa shape index (κ3) is 1.57. The van der Waals surface area contributed by atoms with Crippen LogP contribution in [0.2, 0.25) is 0 Å². The van der Waals surface area contributed by atoms with Gasteiger partial charge in [0, 0.05) is 5.41 Å². The first-order chi connectivity index (χ1) is 6.86. The maximum Gasteiger partial charge on any atom is 0.0666 e. The van der Waals surface area contributed by atoms with Crippen molar-refractivity contribution in [1.29, 1.82) is 0 Å². The molecule has 0 heterocycles. The Morgan fingerprint density at radius 3 is 2.67 bits per heavy atom. The molecule has 1 saturated carbocycles. The Hall–Kier alpha value is -0.560. The van der Waals surface area contributed by atoms with E-state index in [0.717, 1.165) is 19.3 Å². The molecule has 2 atom stereocenters. The minimum atomic E-state index is -0.202. The standard InChI is InChI=1S/C14H22O/c1-10-5-6-11-13(2,3)8-7-12(15)14(11,4)9-10/h6,9,12,15H,5,7-8H2,1-4H3/t12-,14-/m0/s1. The minimum absolute atomic E-state index is 0.107. The third-order valence-electron chi connectivity index (χ3n) is 4.22. The summed E-state index contributed by atoms with van der Waals surface area (Å²) in [5.41, 5.74) is 2.98. The summed E-state index contributed by atoms with van der Waals surface area (Å²) in [6, 6.07) is 0. The second-order valence-corrected chi connectivity index (χ2v) is 6.03. The van der Waals surface area contributed by atoms with Gasteiger partial charge in [0.05, 0.1) is 6.10 Å². The fraction of sp³-hybridized carbons (Fsp3) is 0.714. The predicted octanol–water partition coefficient (Wildman–Crippen LogP) is 3.45. The van der Waals surface area contributed by atoms with E-state index in [4.69, 9.17) is 0 Å². The van der Waals surface area contributed by atoms with E-state index in [-0.39, 0.29) is 16.9 Å². The molecule has 0 spiro atoms. The van der Waals surface area contributed by atoms with Gasteiger partial charge in [-0.15, -0.1) is 0 Å². The lowest BCUT2D eigenvalue weighted by atomic mass is 9.57. The van der Waals surface area contributed by atoms with Crippen molar-refractivity contribution < 1.29 is 5.11 Å². The van der Waals surface area contributed by atoms with E-state index in [1.807, 2.05) is 0 Å². The summed E-state index contributed by atoms with van der Waals surface area (Å²) in [5, 5.41) is 10.2. The highest BCUT2D eigenvalue weighted by molar-refractivity contribution is 5.37. The van der Waals surface area contributed by atoms with Gasteiger partial charge in [-0.05, 0) is 38.5 Å². The van der Waals surface area contributed by atoms with Gasteiger partial charge in [-0.25, -0.2) is 0 Å². The number of allylic oxidation sites excluding steroid dienone is 2. The summed E-state index contributed by atoms with van der Waals surface area (Å²) in [4.78, 5) is 0. The summed E-state index contributed by atoms with van der Waals surface area (Å²) >= 11 is 0. The molecule has 2 aliphatic carbocycles. The molecule has 2 aliphatic rings. The zero-order valence-electron chi connectivity index (χ0n) is 10.3. The quantitative estimate of drug-likeness (QED) is 0.602. The normalized spacial score (nSPS) is 39.1. The maximum atomic E-state index is 10.2. The number of hydrogen-bond donors (Lipinski definition) is 1. The molecule has 0 aromatic carbocycles. The first-order valence-electron chi connectivity index (χ1n) is 5.94. The van der Waals surface area contributed by atoms with Crippen LogP contribution in [0.3, 0.4) is 0 Å². The topological polar surface area (TPSA) is 20.2 Å². The molecule has 0 bridgehead atoms. The molecule has 0 unspecified atom stereocenters. The molecule has 1 fully saturated rings. The fourth-order valence-corrected chi connectivity index (χ4v) is 3.34. The summed E-state index contributed by atoms with van der Waals surface area (Å²) < 4.78 is 0. The molecule has 0 radical (unpaired) electrons. The van der Waals surface area contributed by atoms with Crippen molar-refractivity contribution >= 4 is 0 Å². The molecule has 1 heteroatoms. The lowest BCUT2D eigenvalue weighted by Crippen LogP contribution is -2.44. The monoisotopic (exact) mass is 206 g/mol. The van der Waals surface area contributed by atoms with Crippen molar-refractivity contribution in [3.63, 3.8) is 0 Å². The molecule has 0 amide bonds. The molecule has 1 nitrogen and oxygen atoms in total. The Morgan fingerprint density at radius 1 is 1.33 bits per heavy atom. The Balaban J connectivity index is 2.46. The highest BCUT2D eigenvalue weighted by atomic mass is 16.3. The van der Waals surface area contributed by atoms with Crippen molar-refractivity contribution in [3.05, 3.63) is 23.3 Å². The van der Waals surface area contributed by atoms with E-state index in [2.05, 4.69) is 39.8 Å². The molecule has 0 aromatic rings. The Kier molecular flexibility index (Phi) is 2.34. The average molecular weight is 206 g/mol. The van der Waals surface area contributed by atoms with E-state index in [1.54, 1.807) is 0 Å². The largest absolute Gasteiger partial charge is 0.392 e. The molecule has 0 saturated heterocycles. The van der Waals surface area contributed by atoms with Crippen LogP contribution in [-0.2, 0) is 0 Å². The van der Waals surface area contributed by atoms with Crippen LogP contribution >= 0.6 is 0 Å². The van der Waals surface area contributed by atoms with Gasteiger partial charge in [0.15, 0.2) is 0 Å². The predicted molar refractivity (Wildman–Crippen MR) is 63.6 cm³/mol. The van der Waals surface area contributed by atoms with Gasteiger partial charge in [0.2, 0.25) is 0 Å². The Bertz CT molecular complexity index is 335. The summed E-state index contributed by atoms with van der Waals surface area (Å²) in [7, 11) is 0. The van der Waals surface area contributed by atoms with Crippen LogP contribution in [0.4, 0.5) is 0 Å². The molecule has 84 valence electrons. The van der Waals surface area contributed by atoms with E-state index in [0.29, 0.717) is 0 Å². The molecular formula is C14H22O. The van der Waals surface area contributed by atoms with E-state index < -0.39 is 0 Å². The van der Waals surface area contributed by atoms with Crippen LogP contribution in [0.5, 0.6) is 0 Å². The Morgan fingerprint density at radius 2 is 2.00 bits per heavy atom. The van der Waals surface area contributed by atoms with Crippen LogP contribution < -0.4 is 0 Å². The molecule has 2 rings (SSSR count). The maximum absolute atomic E-state index is 10.2. The lowest BCUT2D eigenvalue weighted by Gasteiger charge is -2.49. The van der Waals surface area contributed by atoms with Gasteiger partial charge in [-0.1, -0.05) is 37.1 Å². The highest BCUT2D eigenvalue weighted by Gasteiger charge is 2.46. The highest BCUT2D eigenvalue weighted by Crippen LogP contribution is 2.53. The molecule has 0 aliphatic heterocycles. The summed E-state index contributed by atoms with van der Waals surface area (Å²) in [6.45, 7) is 8.95. The van der Waals surface area contributed by atoms with Gasteiger partial charge in [0.1, 0.15) is 0 Å². The minimum Gasteiger partial charge on any atom is -0.392 e. The summed E-state index contributed by atoms with van der Waals surface area (Å²) in [6.07, 6.45) is 7.51. The lowest BCUT2D eigenvalue weighted by molar-refractivity contribution is 0.0325. The van der Waals surface area contributed by atoms with Gasteiger partial charge in [-0.2, -0.15) is 0 Å².